The van der Waals surface area contributed by atoms with Crippen molar-refractivity contribution in [2.45, 2.75) is 20.0 Å². The first-order valence-corrected chi connectivity index (χ1v) is 5.27. The van der Waals surface area contributed by atoms with E-state index < -0.39 is 18.0 Å². The van der Waals surface area contributed by atoms with Gasteiger partial charge in [-0.3, -0.25) is 4.79 Å². The minimum absolute atomic E-state index is 0.450. The van der Waals surface area contributed by atoms with Gasteiger partial charge >= 0.3 is 5.97 Å². The van der Waals surface area contributed by atoms with Crippen molar-refractivity contribution in [3.63, 3.8) is 0 Å². The van der Waals surface area contributed by atoms with Gasteiger partial charge in [0, 0.05) is 7.05 Å². The van der Waals surface area contributed by atoms with Crippen molar-refractivity contribution < 1.29 is 19.4 Å². The van der Waals surface area contributed by atoms with Crippen molar-refractivity contribution in [3.05, 3.63) is 11.3 Å². The Morgan fingerprint density at radius 3 is 2.53 bits per heavy atom. The zero-order valence-electron chi connectivity index (χ0n) is 10.7. The normalized spacial score (nSPS) is 14.2. The Kier molecular flexibility index (Phi) is 4.11. The maximum atomic E-state index is 11.4. The van der Waals surface area contributed by atoms with Gasteiger partial charge in [0.25, 0.3) is 0 Å². The third kappa shape index (κ3) is 2.41. The number of aryl methyl sites for hydroxylation is 2. The number of aromatic nitrogens is 2. The number of rotatable bonds is 4. The SMILES string of the molecule is COC(=O)C(C)C(O)c1c(C)nn(C)c1OC. The topological polar surface area (TPSA) is 73.6 Å². The van der Waals surface area contributed by atoms with Gasteiger partial charge < -0.3 is 14.6 Å². The maximum absolute atomic E-state index is 11.4. The fraction of sp³-hybridized carbons (Fsp3) is 0.636. The Bertz CT molecular complexity index is 414. The van der Waals surface area contributed by atoms with E-state index in [0.717, 1.165) is 0 Å². The van der Waals surface area contributed by atoms with Crippen LogP contribution < -0.4 is 4.74 Å². The third-order valence-corrected chi connectivity index (χ3v) is 2.75. The van der Waals surface area contributed by atoms with Crippen LogP contribution in [-0.2, 0) is 16.6 Å². The lowest BCUT2D eigenvalue weighted by Gasteiger charge is -2.17. The minimum Gasteiger partial charge on any atom is -0.481 e. The molecule has 6 heteroatoms. The predicted molar refractivity (Wildman–Crippen MR) is 60.6 cm³/mol. The van der Waals surface area contributed by atoms with Crippen LogP contribution in [-0.4, -0.2) is 35.1 Å². The average Bonchev–Trinajstić information content (AvgIpc) is 2.60. The van der Waals surface area contributed by atoms with E-state index >= 15 is 0 Å². The molecule has 1 rings (SSSR count). The van der Waals surface area contributed by atoms with E-state index in [1.54, 1.807) is 20.9 Å². The summed E-state index contributed by atoms with van der Waals surface area (Å²) in [6.45, 7) is 3.35. The van der Waals surface area contributed by atoms with Crippen molar-refractivity contribution >= 4 is 5.97 Å². The van der Waals surface area contributed by atoms with Crippen molar-refractivity contribution in [2.24, 2.45) is 13.0 Å². The molecule has 1 N–H and O–H groups in total. The van der Waals surface area contributed by atoms with Crippen LogP contribution in [0.2, 0.25) is 0 Å². The smallest absolute Gasteiger partial charge is 0.311 e. The molecular formula is C11H18N2O4. The molecule has 0 aliphatic carbocycles. The first-order valence-electron chi connectivity index (χ1n) is 5.27. The Morgan fingerprint density at radius 2 is 2.06 bits per heavy atom. The van der Waals surface area contributed by atoms with Crippen molar-refractivity contribution in [3.8, 4) is 5.88 Å². The lowest BCUT2D eigenvalue weighted by molar-refractivity contribution is -0.148. The Morgan fingerprint density at radius 1 is 1.47 bits per heavy atom. The van der Waals surface area contributed by atoms with Gasteiger partial charge in [-0.25, -0.2) is 4.68 Å². The van der Waals surface area contributed by atoms with Crippen molar-refractivity contribution in [2.75, 3.05) is 14.2 Å². The third-order valence-electron chi connectivity index (χ3n) is 2.75. The lowest BCUT2D eigenvalue weighted by atomic mass is 9.98. The second kappa shape index (κ2) is 5.18. The molecule has 2 unspecified atom stereocenters. The summed E-state index contributed by atoms with van der Waals surface area (Å²) in [7, 11) is 4.50. The monoisotopic (exact) mass is 242 g/mol. The molecule has 96 valence electrons. The van der Waals surface area contributed by atoms with Gasteiger partial charge in [-0.05, 0) is 13.8 Å². The van der Waals surface area contributed by atoms with Crippen LogP contribution >= 0.6 is 0 Å². The largest absolute Gasteiger partial charge is 0.481 e. The van der Waals surface area contributed by atoms with E-state index in [1.165, 1.54) is 18.9 Å². The molecule has 2 atom stereocenters. The van der Waals surface area contributed by atoms with Crippen LogP contribution in [0, 0.1) is 12.8 Å². The standard InChI is InChI=1S/C11H18N2O4/c1-6(11(15)17-5)9(14)8-7(2)12-13(3)10(8)16-4/h6,9,14H,1-5H3. The summed E-state index contributed by atoms with van der Waals surface area (Å²) >= 11 is 0. The number of methoxy groups -OCH3 is 2. The first kappa shape index (κ1) is 13.5. The van der Waals surface area contributed by atoms with Crippen LogP contribution in [0.1, 0.15) is 24.3 Å². The summed E-state index contributed by atoms with van der Waals surface area (Å²) in [5, 5.41) is 14.3. The minimum atomic E-state index is -0.994. The summed E-state index contributed by atoms with van der Waals surface area (Å²) in [4.78, 5) is 11.4. The second-order valence-electron chi connectivity index (χ2n) is 3.89. The Labute approximate surface area is 100 Å². The molecule has 0 saturated heterocycles. The molecule has 0 bridgehead atoms. The number of hydrogen-bond donors (Lipinski definition) is 1. The summed E-state index contributed by atoms with van der Waals surface area (Å²) in [5.41, 5.74) is 1.15. The predicted octanol–water partition coefficient (Wildman–Crippen LogP) is 0.580. The van der Waals surface area contributed by atoms with Gasteiger partial charge in [-0.15, -0.1) is 0 Å². The molecule has 0 saturated carbocycles. The number of carbonyl (C=O) groups is 1. The molecule has 0 aliphatic heterocycles. The number of nitrogens with zero attached hydrogens (tertiary/aromatic N) is 2. The zero-order chi connectivity index (χ0) is 13.2. The summed E-state index contributed by atoms with van der Waals surface area (Å²) < 4.78 is 11.3. The summed E-state index contributed by atoms with van der Waals surface area (Å²) in [6.07, 6.45) is -0.994. The van der Waals surface area contributed by atoms with E-state index in [4.69, 9.17) is 4.74 Å². The molecule has 0 radical (unpaired) electrons. The fourth-order valence-electron chi connectivity index (χ4n) is 1.80. The number of aliphatic hydroxyl groups is 1. The molecule has 6 nitrogen and oxygen atoms in total. The quantitative estimate of drug-likeness (QED) is 0.782. The van der Waals surface area contributed by atoms with E-state index in [1.807, 2.05) is 0 Å². The van der Waals surface area contributed by atoms with Crippen molar-refractivity contribution in [1.29, 1.82) is 0 Å². The molecule has 0 aromatic carbocycles. The molecule has 0 spiro atoms. The molecule has 0 amide bonds. The van der Waals surface area contributed by atoms with Gasteiger partial charge in [0.2, 0.25) is 5.88 Å². The van der Waals surface area contributed by atoms with Gasteiger partial charge in [0.05, 0.1) is 37.5 Å². The molecule has 17 heavy (non-hydrogen) atoms. The average molecular weight is 242 g/mol. The zero-order valence-corrected chi connectivity index (χ0v) is 10.7. The molecule has 0 aliphatic rings. The number of aliphatic hydroxyl groups excluding tert-OH is 1. The number of esters is 1. The highest BCUT2D eigenvalue weighted by Crippen LogP contribution is 2.32. The van der Waals surface area contributed by atoms with E-state index in [-0.39, 0.29) is 0 Å². The highest BCUT2D eigenvalue weighted by atomic mass is 16.5. The highest BCUT2D eigenvalue weighted by molar-refractivity contribution is 5.73. The fourth-order valence-corrected chi connectivity index (χ4v) is 1.80. The Hall–Kier alpha value is -1.56. The van der Waals surface area contributed by atoms with E-state index in [2.05, 4.69) is 9.84 Å². The number of carbonyl (C=O) groups excluding carboxylic acids is 1. The summed E-state index contributed by atoms with van der Waals surface area (Å²) in [6, 6.07) is 0. The molecule has 1 aromatic heterocycles. The van der Waals surface area contributed by atoms with Crippen molar-refractivity contribution in [1.82, 2.24) is 9.78 Å². The van der Waals surface area contributed by atoms with Crippen LogP contribution in [0.25, 0.3) is 0 Å². The molecular weight excluding hydrogens is 224 g/mol. The molecule has 0 fully saturated rings. The molecule has 1 aromatic rings. The molecule has 1 heterocycles. The van der Waals surface area contributed by atoms with Gasteiger partial charge in [-0.1, -0.05) is 0 Å². The van der Waals surface area contributed by atoms with Gasteiger partial charge in [0.15, 0.2) is 0 Å². The van der Waals surface area contributed by atoms with Crippen LogP contribution in [0.5, 0.6) is 5.88 Å². The van der Waals surface area contributed by atoms with Crippen LogP contribution in [0.4, 0.5) is 0 Å². The Balaban J connectivity index is 3.11. The van der Waals surface area contributed by atoms with E-state index in [0.29, 0.717) is 17.1 Å². The maximum Gasteiger partial charge on any atom is 0.311 e. The number of hydrogen-bond acceptors (Lipinski definition) is 5. The highest BCUT2D eigenvalue weighted by Gasteiger charge is 2.30. The first-order chi connectivity index (χ1) is 7.93. The van der Waals surface area contributed by atoms with E-state index in [9.17, 15) is 9.90 Å². The van der Waals surface area contributed by atoms with Gasteiger partial charge in [0.1, 0.15) is 0 Å². The van der Waals surface area contributed by atoms with Crippen LogP contribution in [0.3, 0.4) is 0 Å². The lowest BCUT2D eigenvalue weighted by Crippen LogP contribution is -2.21. The second-order valence-corrected chi connectivity index (χ2v) is 3.89. The summed E-state index contributed by atoms with van der Waals surface area (Å²) in [5.74, 6) is -0.689. The van der Waals surface area contributed by atoms with Crippen LogP contribution in [0.15, 0.2) is 0 Å². The van der Waals surface area contributed by atoms with Gasteiger partial charge in [-0.2, -0.15) is 5.10 Å². The number of ether oxygens (including phenoxy) is 2.